The van der Waals surface area contributed by atoms with E-state index in [9.17, 15) is 13.2 Å². The third kappa shape index (κ3) is 6.35. The van der Waals surface area contributed by atoms with Crippen molar-refractivity contribution in [1.29, 1.82) is 0 Å². The number of carbonyl (C=O) groups is 1. The first kappa shape index (κ1) is 22.4. The number of hydrogen-bond acceptors (Lipinski definition) is 6. The second-order valence-corrected chi connectivity index (χ2v) is 10.5. The molecular weight excluding hydrogens is 396 g/mol. The van der Waals surface area contributed by atoms with Crippen LogP contribution in [0.25, 0.3) is 0 Å². The highest BCUT2D eigenvalue weighted by Gasteiger charge is 2.23. The average molecular weight is 425 g/mol. The number of sulfonamides is 1. The maximum absolute atomic E-state index is 12.7. The van der Waals surface area contributed by atoms with Gasteiger partial charge in [0.25, 0.3) is 5.91 Å². The molecule has 0 unspecified atom stereocenters. The average Bonchev–Trinajstić information content (AvgIpc) is 3.00. The Morgan fingerprint density at radius 3 is 2.54 bits per heavy atom. The minimum absolute atomic E-state index is 0.0516. The number of benzene rings is 1. The molecule has 1 aromatic heterocycles. The summed E-state index contributed by atoms with van der Waals surface area (Å²) in [7, 11) is -3.73. The van der Waals surface area contributed by atoms with Gasteiger partial charge in [-0.25, -0.2) is 13.1 Å². The summed E-state index contributed by atoms with van der Waals surface area (Å²) >= 11 is 1.35. The first-order chi connectivity index (χ1) is 13.0. The van der Waals surface area contributed by atoms with Gasteiger partial charge in [0.1, 0.15) is 5.01 Å². The van der Waals surface area contributed by atoms with Gasteiger partial charge >= 0.3 is 0 Å². The van der Waals surface area contributed by atoms with Crippen LogP contribution in [0.1, 0.15) is 67.9 Å². The summed E-state index contributed by atoms with van der Waals surface area (Å²) in [4.78, 5) is 12.7. The number of carbonyl (C=O) groups excluding carboxylic acids is 1. The van der Waals surface area contributed by atoms with Crippen molar-refractivity contribution in [3.8, 4) is 0 Å². The summed E-state index contributed by atoms with van der Waals surface area (Å²) in [5.74, 6) is -0.401. The number of nitrogens with zero attached hydrogens (tertiary/aromatic N) is 2. The van der Waals surface area contributed by atoms with E-state index in [1.165, 1.54) is 23.5 Å². The van der Waals surface area contributed by atoms with Crippen LogP contribution in [0.4, 0.5) is 5.13 Å². The molecule has 1 aromatic carbocycles. The molecule has 0 bridgehead atoms. The van der Waals surface area contributed by atoms with E-state index in [2.05, 4.69) is 27.2 Å². The molecule has 0 spiro atoms. The molecule has 0 radical (unpaired) electrons. The molecule has 0 saturated carbocycles. The molecule has 0 saturated heterocycles. The van der Waals surface area contributed by atoms with Crippen LogP contribution in [0.3, 0.4) is 0 Å². The van der Waals surface area contributed by atoms with Gasteiger partial charge in [-0.2, -0.15) is 0 Å². The van der Waals surface area contributed by atoms with Crippen LogP contribution in [-0.2, 0) is 16.4 Å². The Morgan fingerprint density at radius 2 is 1.89 bits per heavy atom. The molecule has 0 aliphatic heterocycles. The fourth-order valence-electron chi connectivity index (χ4n) is 2.57. The van der Waals surface area contributed by atoms with E-state index in [1.807, 2.05) is 0 Å². The van der Waals surface area contributed by atoms with Gasteiger partial charge in [-0.15, -0.1) is 10.2 Å². The summed E-state index contributed by atoms with van der Waals surface area (Å²) in [6, 6.07) is 4.52. The first-order valence-electron chi connectivity index (χ1n) is 9.30. The molecule has 9 heteroatoms. The number of anilines is 1. The van der Waals surface area contributed by atoms with Crippen LogP contribution in [-0.4, -0.2) is 30.1 Å². The van der Waals surface area contributed by atoms with Gasteiger partial charge in [-0.3, -0.25) is 10.1 Å². The monoisotopic (exact) mass is 424 g/mol. The Bertz CT molecular complexity index is 931. The van der Waals surface area contributed by atoms with Crippen molar-refractivity contribution in [2.75, 3.05) is 5.32 Å². The summed E-state index contributed by atoms with van der Waals surface area (Å²) in [6.45, 7) is 9.19. The molecular formula is C19H28N4O3S2. The third-order valence-corrected chi connectivity index (χ3v) is 6.54. The lowest BCUT2D eigenvalue weighted by Crippen LogP contribution is -2.40. The fraction of sp³-hybridized carbons (Fsp3) is 0.526. The summed E-state index contributed by atoms with van der Waals surface area (Å²) < 4.78 is 27.7. The van der Waals surface area contributed by atoms with E-state index in [1.54, 1.807) is 33.8 Å². The molecule has 0 atom stereocenters. The van der Waals surface area contributed by atoms with E-state index in [-0.39, 0.29) is 4.90 Å². The quantitative estimate of drug-likeness (QED) is 0.626. The third-order valence-electron chi connectivity index (χ3n) is 3.89. The predicted octanol–water partition coefficient (Wildman–Crippen LogP) is 3.91. The standard InChI is InChI=1S/C19H28N4O3S2/c1-6-7-8-9-16-21-22-18(27-16)20-17(24)15-12-14(11-10-13(15)2)28(25,26)23-19(3,4)5/h10-12,23H,6-9H2,1-5H3,(H,20,22,24). The van der Waals surface area contributed by atoms with Crippen molar-refractivity contribution in [1.82, 2.24) is 14.9 Å². The van der Waals surface area contributed by atoms with Gasteiger partial charge in [0, 0.05) is 17.5 Å². The fourth-order valence-corrected chi connectivity index (χ4v) is 4.79. The maximum Gasteiger partial charge on any atom is 0.257 e. The summed E-state index contributed by atoms with van der Waals surface area (Å²) in [6.07, 6.45) is 4.14. The van der Waals surface area contributed by atoms with E-state index in [4.69, 9.17) is 0 Å². The van der Waals surface area contributed by atoms with Crippen LogP contribution in [0.15, 0.2) is 23.1 Å². The van der Waals surface area contributed by atoms with Crippen LogP contribution in [0.5, 0.6) is 0 Å². The maximum atomic E-state index is 12.7. The summed E-state index contributed by atoms with van der Waals surface area (Å²) in [5.41, 5.74) is 0.353. The Hall–Kier alpha value is -1.84. The van der Waals surface area contributed by atoms with Crippen LogP contribution >= 0.6 is 11.3 Å². The molecule has 2 rings (SSSR count). The molecule has 0 aliphatic carbocycles. The van der Waals surface area contributed by atoms with Gasteiger partial charge in [-0.1, -0.05) is 37.2 Å². The lowest BCUT2D eigenvalue weighted by Gasteiger charge is -2.20. The minimum atomic E-state index is -3.73. The van der Waals surface area contributed by atoms with Crippen LogP contribution in [0.2, 0.25) is 0 Å². The number of rotatable bonds is 8. The molecule has 28 heavy (non-hydrogen) atoms. The lowest BCUT2D eigenvalue weighted by molar-refractivity contribution is 0.102. The molecule has 1 amide bonds. The molecule has 7 nitrogen and oxygen atoms in total. The number of aryl methyl sites for hydroxylation is 2. The van der Waals surface area contributed by atoms with Gasteiger partial charge < -0.3 is 0 Å². The smallest absolute Gasteiger partial charge is 0.257 e. The molecule has 0 aliphatic rings. The van der Waals surface area contributed by atoms with E-state index < -0.39 is 21.5 Å². The van der Waals surface area contributed by atoms with Crippen molar-refractivity contribution >= 4 is 32.4 Å². The molecule has 154 valence electrons. The van der Waals surface area contributed by atoms with E-state index >= 15 is 0 Å². The van der Waals surface area contributed by atoms with Gasteiger partial charge in [-0.05, 0) is 51.8 Å². The Morgan fingerprint density at radius 1 is 1.18 bits per heavy atom. The van der Waals surface area contributed by atoms with E-state index in [0.29, 0.717) is 16.3 Å². The van der Waals surface area contributed by atoms with Crippen LogP contribution in [0, 0.1) is 6.92 Å². The van der Waals surface area contributed by atoms with Crippen molar-refractivity contribution in [3.63, 3.8) is 0 Å². The van der Waals surface area contributed by atoms with E-state index in [0.717, 1.165) is 30.7 Å². The number of amides is 1. The predicted molar refractivity (Wildman–Crippen MR) is 112 cm³/mol. The first-order valence-corrected chi connectivity index (χ1v) is 11.6. The highest BCUT2D eigenvalue weighted by Crippen LogP contribution is 2.21. The SMILES string of the molecule is CCCCCc1nnc(NC(=O)c2cc(S(=O)(=O)NC(C)(C)C)ccc2C)s1. The van der Waals surface area contributed by atoms with Crippen molar-refractivity contribution < 1.29 is 13.2 Å². The number of unbranched alkanes of at least 4 members (excludes halogenated alkanes) is 2. The second kappa shape index (κ2) is 9.11. The molecule has 2 N–H and O–H groups in total. The Kier molecular flexibility index (Phi) is 7.30. The minimum Gasteiger partial charge on any atom is -0.296 e. The zero-order valence-corrected chi connectivity index (χ0v) is 18.6. The lowest BCUT2D eigenvalue weighted by atomic mass is 10.1. The zero-order valence-electron chi connectivity index (χ0n) is 17.0. The van der Waals surface area contributed by atoms with Crippen molar-refractivity contribution in [2.45, 2.75) is 70.7 Å². The molecule has 2 aromatic rings. The number of nitrogens with one attached hydrogen (secondary N) is 2. The molecule has 1 heterocycles. The number of hydrogen-bond donors (Lipinski definition) is 2. The van der Waals surface area contributed by atoms with Gasteiger partial charge in [0.05, 0.1) is 4.90 Å². The topological polar surface area (TPSA) is 101 Å². The largest absolute Gasteiger partial charge is 0.296 e. The van der Waals surface area contributed by atoms with Gasteiger partial charge in [0.15, 0.2) is 0 Å². The highest BCUT2D eigenvalue weighted by atomic mass is 32.2. The van der Waals surface area contributed by atoms with Crippen LogP contribution < -0.4 is 10.0 Å². The number of aromatic nitrogens is 2. The normalized spacial score (nSPS) is 12.2. The Balaban J connectivity index is 2.17. The van der Waals surface area contributed by atoms with Gasteiger partial charge in [0.2, 0.25) is 15.2 Å². The zero-order chi connectivity index (χ0) is 20.9. The second-order valence-electron chi connectivity index (χ2n) is 7.74. The van der Waals surface area contributed by atoms with Crippen molar-refractivity contribution in [3.05, 3.63) is 34.3 Å². The molecule has 0 fully saturated rings. The Labute approximate surface area is 171 Å². The highest BCUT2D eigenvalue weighted by molar-refractivity contribution is 7.89. The summed E-state index contributed by atoms with van der Waals surface area (Å²) in [5, 5.41) is 12.1. The van der Waals surface area contributed by atoms with Crippen molar-refractivity contribution in [2.24, 2.45) is 0 Å².